The van der Waals surface area contributed by atoms with Crippen LogP contribution in [0, 0.1) is 12.8 Å². The van der Waals surface area contributed by atoms with Crippen LogP contribution in [0.1, 0.15) is 13.8 Å². The molecule has 47 valence electrons. The van der Waals surface area contributed by atoms with Crippen LogP contribution < -0.4 is 0 Å². The van der Waals surface area contributed by atoms with Crippen LogP contribution in [0.15, 0.2) is 0 Å². The fourth-order valence-corrected chi connectivity index (χ4v) is 0. The van der Waals surface area contributed by atoms with Crippen LogP contribution >= 0.6 is 0 Å². The van der Waals surface area contributed by atoms with Gasteiger partial charge in [-0.05, 0) is 5.92 Å². The van der Waals surface area contributed by atoms with Gasteiger partial charge in [0.1, 0.15) is 0 Å². The van der Waals surface area contributed by atoms with Gasteiger partial charge >= 0.3 is 0 Å². The summed E-state index contributed by atoms with van der Waals surface area (Å²) in [5, 5.41) is 0. The Hall–Kier alpha value is 0.452. The number of hydrogen-bond acceptors (Lipinski definition) is 0. The maximum absolute atomic E-state index is 3.64. The molecule has 0 rings (SSSR count). The summed E-state index contributed by atoms with van der Waals surface area (Å²) in [5.41, 5.74) is 0. The van der Waals surface area contributed by atoms with Crippen molar-refractivity contribution in [2.24, 2.45) is 5.92 Å². The minimum Gasteiger partial charge on any atom is -0.412 e. The van der Waals surface area contributed by atoms with Crippen molar-refractivity contribution in [3.63, 3.8) is 0 Å². The van der Waals surface area contributed by atoms with Crippen molar-refractivity contribution >= 4 is 17.4 Å². The summed E-state index contributed by atoms with van der Waals surface area (Å²) < 4.78 is 0. The molecule has 7 heavy (non-hydrogen) atoms. The smallest absolute Gasteiger partial charge is 0.187 e. The van der Waals surface area contributed by atoms with E-state index in [1.165, 1.54) is 0 Å². The van der Waals surface area contributed by atoms with E-state index in [0.29, 0.717) is 5.92 Å². The Morgan fingerprint density at radius 1 is 1.14 bits per heavy atom. The molecule has 0 aliphatic rings. The highest BCUT2D eigenvalue weighted by Gasteiger charge is 1.68. The highest BCUT2D eigenvalue weighted by Crippen LogP contribution is 1.80. The molecule has 0 aliphatic carbocycles. The van der Waals surface area contributed by atoms with E-state index in [4.69, 9.17) is 0 Å². The molecule has 0 aliphatic heterocycles. The van der Waals surface area contributed by atoms with Gasteiger partial charge in [-0.3, -0.25) is 0 Å². The third kappa shape index (κ3) is 625. The van der Waals surface area contributed by atoms with Gasteiger partial charge in [0.05, 0.1) is 0 Å². The zero-order valence-electron chi connectivity index (χ0n) is 4.28. The molecule has 0 saturated carbocycles. The molecule has 2 nitrogen and oxygen atoms in total. The van der Waals surface area contributed by atoms with Gasteiger partial charge in [0.25, 0.3) is 0 Å². The molecule has 0 spiro atoms. The Morgan fingerprint density at radius 2 is 1.14 bits per heavy atom. The third-order valence-electron chi connectivity index (χ3n) is 0. The Bertz CT molecular complexity index is 14.4. The summed E-state index contributed by atoms with van der Waals surface area (Å²) in [6, 6.07) is 0. The van der Waals surface area contributed by atoms with Crippen molar-refractivity contribution in [3.05, 3.63) is 6.92 Å². The predicted octanol–water partition coefficient (Wildman–Crippen LogP) is -1.36. The third-order valence-corrected chi connectivity index (χ3v) is 0. The van der Waals surface area contributed by atoms with E-state index < -0.39 is 0 Å². The molecule has 0 aromatic rings. The molecule has 0 heterocycles. The van der Waals surface area contributed by atoms with Crippen molar-refractivity contribution in [1.82, 2.24) is 0 Å². The van der Waals surface area contributed by atoms with E-state index in [1.54, 1.807) is 0 Å². The van der Waals surface area contributed by atoms with Crippen LogP contribution in [0.4, 0.5) is 0 Å². The van der Waals surface area contributed by atoms with Gasteiger partial charge in [-0.2, -0.15) is 0 Å². The lowest BCUT2D eigenvalue weighted by Gasteiger charge is -1.78. The van der Waals surface area contributed by atoms with Crippen molar-refractivity contribution < 1.29 is 11.0 Å². The Labute approximate surface area is 55.7 Å². The van der Waals surface area contributed by atoms with Gasteiger partial charge in [-0.25, -0.2) is 0 Å². The topological polar surface area (TPSA) is 63.0 Å². The van der Waals surface area contributed by atoms with Crippen LogP contribution in [-0.2, 0) is 0 Å². The minimum absolute atomic E-state index is 0. The second-order valence-electron chi connectivity index (χ2n) is 1.39. The molecular weight excluding hydrogens is 107 g/mol. The second kappa shape index (κ2) is 16.1. The first-order valence-electron chi connectivity index (χ1n) is 1.56. The molecule has 0 saturated heterocycles. The summed E-state index contributed by atoms with van der Waals surface area (Å²) in [4.78, 5) is 0. The standard InChI is InChI=1S/C4H9.Al.2H2O.3H/c1-4(2)3;;;;;;/h4H,1H2,2-3H3;;2*1H2;;;. The number of rotatable bonds is 0. The highest BCUT2D eigenvalue weighted by molar-refractivity contribution is 5.75. The average Bonchev–Trinajstić information content (AvgIpc) is 0.811. The molecule has 3 heteroatoms. The highest BCUT2D eigenvalue weighted by atomic mass is 27.0. The van der Waals surface area contributed by atoms with Crippen molar-refractivity contribution in [2.45, 2.75) is 13.8 Å². The molecule has 0 atom stereocenters. The molecule has 0 bridgehead atoms. The second-order valence-corrected chi connectivity index (χ2v) is 1.39. The van der Waals surface area contributed by atoms with Gasteiger partial charge in [-0.1, -0.05) is 20.8 Å². The fourth-order valence-electron chi connectivity index (χ4n) is 0. The normalized spacial score (nSPS) is 5.14. The van der Waals surface area contributed by atoms with E-state index in [-0.39, 0.29) is 28.3 Å². The first kappa shape index (κ1) is 26.0. The minimum atomic E-state index is 0. The quantitative estimate of drug-likeness (QED) is 0.357. The first-order chi connectivity index (χ1) is 1.73. The fraction of sp³-hybridized carbons (Fsp3) is 0.750. The molecule has 0 amide bonds. The SMILES string of the molecule is O.O.[AlH3].[CH2]C(C)C. The van der Waals surface area contributed by atoms with Crippen LogP contribution in [-0.4, -0.2) is 28.3 Å². The van der Waals surface area contributed by atoms with Crippen LogP contribution in [0.3, 0.4) is 0 Å². The van der Waals surface area contributed by atoms with E-state index in [1.807, 2.05) is 0 Å². The van der Waals surface area contributed by atoms with Gasteiger partial charge in [0, 0.05) is 0 Å². The average molecular weight is 123 g/mol. The molecular formula is C4H16AlO2. The summed E-state index contributed by atoms with van der Waals surface area (Å²) >= 11 is 0. The molecule has 0 aromatic heterocycles. The van der Waals surface area contributed by atoms with E-state index in [0.717, 1.165) is 0 Å². The van der Waals surface area contributed by atoms with Crippen molar-refractivity contribution in [1.29, 1.82) is 0 Å². The summed E-state index contributed by atoms with van der Waals surface area (Å²) in [5.74, 6) is 0.583. The zero-order chi connectivity index (χ0) is 3.58. The summed E-state index contributed by atoms with van der Waals surface area (Å²) in [6.45, 7) is 7.75. The Morgan fingerprint density at radius 3 is 1.14 bits per heavy atom. The lowest BCUT2D eigenvalue weighted by atomic mass is 10.3. The molecule has 4 N–H and O–H groups in total. The molecule has 0 unspecified atom stereocenters. The van der Waals surface area contributed by atoms with Crippen molar-refractivity contribution in [3.8, 4) is 0 Å². The van der Waals surface area contributed by atoms with Crippen molar-refractivity contribution in [2.75, 3.05) is 0 Å². The number of hydrogen-bond donors (Lipinski definition) is 0. The maximum Gasteiger partial charge on any atom is 0.187 e. The predicted molar refractivity (Wildman–Crippen MR) is 37.4 cm³/mol. The van der Waals surface area contributed by atoms with Gasteiger partial charge < -0.3 is 11.0 Å². The molecule has 0 fully saturated rings. The van der Waals surface area contributed by atoms with E-state index in [2.05, 4.69) is 20.8 Å². The van der Waals surface area contributed by atoms with Gasteiger partial charge in [0.15, 0.2) is 17.4 Å². The molecule has 1 radical (unpaired) electrons. The van der Waals surface area contributed by atoms with Gasteiger partial charge in [-0.15, -0.1) is 0 Å². The zero-order valence-corrected chi connectivity index (χ0v) is 4.28. The monoisotopic (exact) mass is 123 g/mol. The lowest BCUT2D eigenvalue weighted by Crippen LogP contribution is -1.67. The van der Waals surface area contributed by atoms with E-state index in [9.17, 15) is 0 Å². The first-order valence-corrected chi connectivity index (χ1v) is 1.56. The lowest BCUT2D eigenvalue weighted by molar-refractivity contribution is 0.823. The Balaban J connectivity index is -0.0000000150. The van der Waals surface area contributed by atoms with Crippen LogP contribution in [0.5, 0.6) is 0 Å². The summed E-state index contributed by atoms with van der Waals surface area (Å²) in [6.07, 6.45) is 0. The van der Waals surface area contributed by atoms with E-state index >= 15 is 0 Å². The maximum atomic E-state index is 3.64. The van der Waals surface area contributed by atoms with Crippen LogP contribution in [0.25, 0.3) is 0 Å². The summed E-state index contributed by atoms with van der Waals surface area (Å²) in [7, 11) is 0. The van der Waals surface area contributed by atoms with Gasteiger partial charge in [0.2, 0.25) is 0 Å². The molecule has 0 aromatic carbocycles. The largest absolute Gasteiger partial charge is 0.412 e. The Kier molecular flexibility index (Phi) is 59.8. The van der Waals surface area contributed by atoms with Crippen LogP contribution in [0.2, 0.25) is 0 Å².